The monoisotopic (exact) mass is 398 g/mol. The van der Waals surface area contributed by atoms with E-state index in [2.05, 4.69) is 11.1 Å². The minimum atomic E-state index is -1.19. The van der Waals surface area contributed by atoms with Gasteiger partial charge in [-0.2, -0.15) is 5.26 Å². The van der Waals surface area contributed by atoms with Crippen LogP contribution in [0.4, 0.5) is 5.82 Å². The van der Waals surface area contributed by atoms with Gasteiger partial charge in [-0.05, 0) is 32.9 Å². The molecular formula is C21H26N4O4. The second-order valence-corrected chi connectivity index (χ2v) is 7.35. The van der Waals surface area contributed by atoms with E-state index in [-0.39, 0.29) is 18.8 Å². The number of ether oxygens (including phenoxy) is 3. The molecule has 2 aromatic rings. The van der Waals surface area contributed by atoms with Crippen LogP contribution in [0.25, 0.3) is 11.0 Å². The molecule has 29 heavy (non-hydrogen) atoms. The van der Waals surface area contributed by atoms with Crippen molar-refractivity contribution in [3.63, 3.8) is 0 Å². The van der Waals surface area contributed by atoms with Crippen LogP contribution in [0.15, 0.2) is 24.3 Å². The van der Waals surface area contributed by atoms with Crippen LogP contribution >= 0.6 is 0 Å². The maximum Gasteiger partial charge on any atom is 0.330 e. The van der Waals surface area contributed by atoms with Gasteiger partial charge in [0.15, 0.2) is 11.7 Å². The van der Waals surface area contributed by atoms with Crippen molar-refractivity contribution < 1.29 is 19.0 Å². The van der Waals surface area contributed by atoms with E-state index in [0.717, 1.165) is 0 Å². The van der Waals surface area contributed by atoms with Crippen LogP contribution in [0.5, 0.6) is 0 Å². The number of carbonyl (C=O) groups excluding carboxylic acids is 1. The Bertz CT molecular complexity index is 903. The van der Waals surface area contributed by atoms with Crippen molar-refractivity contribution in [3.05, 3.63) is 30.0 Å². The molecule has 1 aromatic carbocycles. The van der Waals surface area contributed by atoms with E-state index in [1.165, 1.54) is 7.11 Å². The molecular weight excluding hydrogens is 372 g/mol. The number of anilines is 1. The van der Waals surface area contributed by atoms with Crippen molar-refractivity contribution >= 4 is 22.8 Å². The number of methoxy groups -OCH3 is 1. The zero-order valence-corrected chi connectivity index (χ0v) is 17.2. The lowest BCUT2D eigenvalue weighted by Gasteiger charge is -2.37. The first-order valence-electron chi connectivity index (χ1n) is 9.69. The maximum atomic E-state index is 12.7. The van der Waals surface area contributed by atoms with Gasteiger partial charge in [-0.15, -0.1) is 0 Å². The second-order valence-electron chi connectivity index (χ2n) is 7.35. The number of esters is 1. The summed E-state index contributed by atoms with van der Waals surface area (Å²) >= 11 is 0. The molecule has 0 spiro atoms. The highest BCUT2D eigenvalue weighted by atomic mass is 16.6. The Morgan fingerprint density at radius 1 is 1.28 bits per heavy atom. The number of carbonyl (C=O) groups is 1. The van der Waals surface area contributed by atoms with Crippen LogP contribution in [0.1, 0.15) is 32.4 Å². The van der Waals surface area contributed by atoms with E-state index in [4.69, 9.17) is 19.2 Å². The summed E-state index contributed by atoms with van der Waals surface area (Å²) in [5.41, 5.74) is 1.64. The summed E-state index contributed by atoms with van der Waals surface area (Å²) in [4.78, 5) is 24.2. The summed E-state index contributed by atoms with van der Waals surface area (Å²) in [6.07, 6.45) is -0.480. The summed E-state index contributed by atoms with van der Waals surface area (Å²) in [7, 11) is 1.53. The average Bonchev–Trinajstić information content (AvgIpc) is 2.67. The second kappa shape index (κ2) is 9.16. The fraction of sp³-hybridized carbons (Fsp3) is 0.524. The van der Waals surface area contributed by atoms with E-state index in [1.807, 2.05) is 43.0 Å². The molecule has 0 unspecified atom stereocenters. The summed E-state index contributed by atoms with van der Waals surface area (Å²) < 4.78 is 16.2. The first kappa shape index (κ1) is 21.0. The third-order valence-electron chi connectivity index (χ3n) is 4.65. The SMILES string of the molecule is COC[C@@H](C)OC(=O)[C@@H](C#N)c1nc2ccccc2nc1N1C[C@@H](C)O[C@H](C)C1. The Morgan fingerprint density at radius 2 is 1.90 bits per heavy atom. The zero-order chi connectivity index (χ0) is 21.0. The van der Waals surface area contributed by atoms with Crippen LogP contribution in [-0.2, 0) is 19.0 Å². The zero-order valence-electron chi connectivity index (χ0n) is 17.2. The van der Waals surface area contributed by atoms with Crippen molar-refractivity contribution in [2.75, 3.05) is 31.7 Å². The smallest absolute Gasteiger partial charge is 0.330 e. The van der Waals surface area contributed by atoms with Gasteiger partial charge in [0, 0.05) is 20.2 Å². The first-order valence-corrected chi connectivity index (χ1v) is 9.69. The van der Waals surface area contributed by atoms with Gasteiger partial charge in [0.25, 0.3) is 0 Å². The number of fused-ring (bicyclic) bond motifs is 1. The van der Waals surface area contributed by atoms with E-state index >= 15 is 0 Å². The largest absolute Gasteiger partial charge is 0.459 e. The van der Waals surface area contributed by atoms with Gasteiger partial charge in [0.1, 0.15) is 11.8 Å². The first-order chi connectivity index (χ1) is 13.9. The molecule has 1 fully saturated rings. The molecule has 0 radical (unpaired) electrons. The number of morpholine rings is 1. The summed E-state index contributed by atoms with van der Waals surface area (Å²) in [5.74, 6) is -1.32. The highest BCUT2D eigenvalue weighted by Crippen LogP contribution is 2.30. The maximum absolute atomic E-state index is 12.7. The quantitative estimate of drug-likeness (QED) is 0.685. The van der Waals surface area contributed by atoms with Gasteiger partial charge in [-0.1, -0.05) is 12.1 Å². The normalized spacial score (nSPS) is 21.4. The molecule has 3 rings (SSSR count). The predicted octanol–water partition coefficient (Wildman–Crippen LogP) is 2.43. The Hall–Kier alpha value is -2.76. The number of nitriles is 1. The molecule has 1 aromatic heterocycles. The van der Waals surface area contributed by atoms with Crippen molar-refractivity contribution in [3.8, 4) is 6.07 Å². The number of aromatic nitrogens is 2. The Labute approximate surface area is 170 Å². The number of hydrogen-bond acceptors (Lipinski definition) is 8. The Morgan fingerprint density at radius 3 is 2.48 bits per heavy atom. The van der Waals surface area contributed by atoms with Crippen molar-refractivity contribution in [2.45, 2.75) is 45.0 Å². The molecule has 0 amide bonds. The lowest BCUT2D eigenvalue weighted by molar-refractivity contribution is -0.150. The lowest BCUT2D eigenvalue weighted by atomic mass is 10.1. The molecule has 4 atom stereocenters. The molecule has 154 valence electrons. The van der Waals surface area contributed by atoms with Gasteiger partial charge < -0.3 is 19.1 Å². The van der Waals surface area contributed by atoms with Crippen LogP contribution in [0.3, 0.4) is 0 Å². The molecule has 0 bridgehead atoms. The molecule has 0 N–H and O–H groups in total. The minimum Gasteiger partial charge on any atom is -0.459 e. The molecule has 1 aliphatic heterocycles. The molecule has 0 saturated carbocycles. The summed E-state index contributed by atoms with van der Waals surface area (Å²) in [6, 6.07) is 9.46. The summed E-state index contributed by atoms with van der Waals surface area (Å²) in [5, 5.41) is 9.80. The molecule has 0 aliphatic carbocycles. The Balaban J connectivity index is 2.04. The van der Waals surface area contributed by atoms with E-state index in [1.54, 1.807) is 6.92 Å². The summed E-state index contributed by atoms with van der Waals surface area (Å²) in [6.45, 7) is 7.13. The lowest BCUT2D eigenvalue weighted by Crippen LogP contribution is -2.46. The fourth-order valence-corrected chi connectivity index (χ4v) is 3.54. The van der Waals surface area contributed by atoms with E-state index in [9.17, 15) is 10.1 Å². The predicted molar refractivity (Wildman–Crippen MR) is 108 cm³/mol. The fourth-order valence-electron chi connectivity index (χ4n) is 3.54. The van der Waals surface area contributed by atoms with E-state index < -0.39 is 18.0 Å². The van der Waals surface area contributed by atoms with Crippen LogP contribution in [0.2, 0.25) is 0 Å². The van der Waals surface area contributed by atoms with Crippen LogP contribution in [-0.4, -0.2) is 61.1 Å². The number of rotatable bonds is 6. The number of para-hydroxylation sites is 2. The molecule has 2 heterocycles. The van der Waals surface area contributed by atoms with Gasteiger partial charge in [-0.25, -0.2) is 9.97 Å². The number of hydrogen-bond donors (Lipinski definition) is 0. The number of benzene rings is 1. The van der Waals surface area contributed by atoms with Crippen molar-refractivity contribution in [1.29, 1.82) is 5.26 Å². The van der Waals surface area contributed by atoms with Gasteiger partial charge >= 0.3 is 5.97 Å². The topological polar surface area (TPSA) is 97.6 Å². The standard InChI is InChI=1S/C21H26N4O4/c1-13-10-25(11-14(2)28-13)20-19(23-17-7-5-6-8-18(17)24-20)16(9-22)21(26)29-15(3)12-27-4/h5-8,13-16H,10-12H2,1-4H3/t13-,14-,15-,16+/m1/s1. The van der Waals surface area contributed by atoms with Crippen LogP contribution in [0, 0.1) is 11.3 Å². The molecule has 1 aliphatic rings. The Kier molecular flexibility index (Phi) is 6.62. The molecule has 8 heteroatoms. The van der Waals surface area contributed by atoms with Gasteiger partial charge in [0.2, 0.25) is 0 Å². The highest BCUT2D eigenvalue weighted by molar-refractivity contribution is 5.85. The van der Waals surface area contributed by atoms with Gasteiger partial charge in [-0.3, -0.25) is 4.79 Å². The van der Waals surface area contributed by atoms with Crippen molar-refractivity contribution in [2.24, 2.45) is 0 Å². The number of nitrogens with zero attached hydrogens (tertiary/aromatic N) is 4. The third-order valence-corrected chi connectivity index (χ3v) is 4.65. The highest BCUT2D eigenvalue weighted by Gasteiger charge is 2.33. The van der Waals surface area contributed by atoms with E-state index in [0.29, 0.717) is 35.6 Å². The molecule has 1 saturated heterocycles. The molecule has 8 nitrogen and oxygen atoms in total. The van der Waals surface area contributed by atoms with Crippen molar-refractivity contribution in [1.82, 2.24) is 9.97 Å². The average molecular weight is 398 g/mol. The minimum absolute atomic E-state index is 0.00548. The third kappa shape index (κ3) is 4.81. The van der Waals surface area contributed by atoms with Gasteiger partial charge in [0.05, 0.1) is 35.9 Å². The van der Waals surface area contributed by atoms with Crippen LogP contribution < -0.4 is 4.90 Å².